The lowest BCUT2D eigenvalue weighted by molar-refractivity contribution is -0.210. The third kappa shape index (κ3) is 9.07. The second-order valence-electron chi connectivity index (χ2n) is 15.7. The van der Waals surface area contributed by atoms with Gasteiger partial charge in [0.05, 0.1) is 11.9 Å². The van der Waals surface area contributed by atoms with Crippen LogP contribution >= 0.6 is 11.8 Å². The molecule has 0 radical (unpaired) electrons. The van der Waals surface area contributed by atoms with Gasteiger partial charge in [0.15, 0.2) is 0 Å². The number of ether oxygens (including phenoxy) is 1. The molecule has 4 rings (SSSR count). The summed E-state index contributed by atoms with van der Waals surface area (Å²) >= 11 is 1.34. The summed E-state index contributed by atoms with van der Waals surface area (Å²) in [7, 11) is 0. The van der Waals surface area contributed by atoms with E-state index in [0.29, 0.717) is 38.8 Å². The Morgan fingerprint density at radius 3 is 2.42 bits per heavy atom. The van der Waals surface area contributed by atoms with E-state index in [4.69, 9.17) is 10.5 Å². The maximum Gasteiger partial charge on any atom is 0.471 e. The van der Waals surface area contributed by atoms with Crippen LogP contribution in [0.1, 0.15) is 97.5 Å². The van der Waals surface area contributed by atoms with E-state index in [1.807, 2.05) is 29.6 Å². The summed E-state index contributed by atoms with van der Waals surface area (Å²) in [4.78, 5) is 39.3. The van der Waals surface area contributed by atoms with Crippen molar-refractivity contribution in [1.29, 1.82) is 0 Å². The van der Waals surface area contributed by atoms with Gasteiger partial charge in [-0.05, 0) is 99.4 Å². The molecule has 8 atom stereocenters. The van der Waals surface area contributed by atoms with Crippen LogP contribution in [0.3, 0.4) is 0 Å². The van der Waals surface area contributed by atoms with Gasteiger partial charge >= 0.3 is 18.1 Å². The summed E-state index contributed by atoms with van der Waals surface area (Å²) in [6, 6.07) is 7.46. The monoisotopic (exact) mass is 725 g/mol. The number of aliphatic hydroxyl groups excluding tert-OH is 1. The zero-order valence-electron chi connectivity index (χ0n) is 30.2. The molecular formula is C38H58F3N3O5S. The van der Waals surface area contributed by atoms with Crippen LogP contribution in [0.4, 0.5) is 13.2 Å². The second kappa shape index (κ2) is 17.1. The van der Waals surface area contributed by atoms with Crippen LogP contribution in [0.15, 0.2) is 29.2 Å². The lowest BCUT2D eigenvalue weighted by Gasteiger charge is -2.62. The molecule has 282 valence electrons. The highest BCUT2D eigenvalue weighted by Gasteiger charge is 2.68. The van der Waals surface area contributed by atoms with Gasteiger partial charge in [-0.25, -0.2) is 0 Å². The Morgan fingerprint density at radius 2 is 1.74 bits per heavy atom. The molecule has 8 nitrogen and oxygen atoms in total. The molecule has 2 bridgehead atoms. The van der Waals surface area contributed by atoms with Crippen molar-refractivity contribution in [2.45, 2.75) is 122 Å². The van der Waals surface area contributed by atoms with Crippen molar-refractivity contribution in [3.63, 3.8) is 0 Å². The molecule has 1 aromatic carbocycles. The van der Waals surface area contributed by atoms with E-state index in [-0.39, 0.29) is 47.2 Å². The number of carbonyl (C=O) groups is 3. The molecule has 5 N–H and O–H groups in total. The standard InChI is InChI=1S/C38H58F3N3O5S/c1-25-15-17-37-18-16-29(45)32(37)36(25,4)30(22-35(3,33(47)26(37)2)24-43-20-8-6-5-7-19-42)49-31(46)23-50-28-13-11-27(12-14-28)10-9-21-44-34(48)38(39,40)41/h11-14,25-26,30,32-33,43,47H,5-10,15-24,42H2,1-4H3,(H,44,48)/t25-,26+,30-,32+,33+,35-,36+,37+/m1/s1. The molecule has 3 fully saturated rings. The first-order chi connectivity index (χ1) is 23.6. The minimum atomic E-state index is -4.89. The molecule has 0 spiro atoms. The molecule has 1 amide bonds. The number of nitrogens with two attached hydrogens (primary N) is 1. The minimum absolute atomic E-state index is 0.0732. The molecule has 0 heterocycles. The van der Waals surface area contributed by atoms with Crippen molar-refractivity contribution in [3.8, 4) is 0 Å². The molecule has 50 heavy (non-hydrogen) atoms. The highest BCUT2D eigenvalue weighted by atomic mass is 32.2. The number of hydrogen-bond acceptors (Lipinski definition) is 8. The van der Waals surface area contributed by atoms with Gasteiger partial charge in [0, 0.05) is 41.2 Å². The van der Waals surface area contributed by atoms with Gasteiger partial charge in [0.1, 0.15) is 11.9 Å². The van der Waals surface area contributed by atoms with Gasteiger partial charge < -0.3 is 26.2 Å². The number of halogens is 3. The number of carbonyl (C=O) groups excluding carboxylic acids is 3. The Labute approximate surface area is 300 Å². The van der Waals surface area contributed by atoms with E-state index in [1.165, 1.54) is 11.8 Å². The first-order valence-corrected chi connectivity index (χ1v) is 19.4. The highest BCUT2D eigenvalue weighted by Crippen LogP contribution is 2.67. The van der Waals surface area contributed by atoms with Gasteiger partial charge in [0.25, 0.3) is 0 Å². The SMILES string of the molecule is C[C@@H]1CC[C@@]23CCC(=O)[C@H]2[C@]1(C)[C@H](OC(=O)CSc1ccc(CCCNC(=O)C(F)(F)F)cc1)C[C@](C)(CNCCCCCCN)[C@@H](O)[C@@H]3C. The Morgan fingerprint density at radius 1 is 1.04 bits per heavy atom. The van der Waals surface area contributed by atoms with Crippen molar-refractivity contribution in [2.75, 3.05) is 31.9 Å². The van der Waals surface area contributed by atoms with Gasteiger partial charge in [-0.15, -0.1) is 11.8 Å². The smallest absolute Gasteiger partial charge is 0.461 e. The van der Waals surface area contributed by atoms with Crippen molar-refractivity contribution in [1.82, 2.24) is 10.6 Å². The normalized spacial score (nSPS) is 32.6. The number of aryl methyl sites for hydroxylation is 1. The summed E-state index contributed by atoms with van der Waals surface area (Å²) in [6.45, 7) is 10.6. The fourth-order valence-electron chi connectivity index (χ4n) is 9.33. The van der Waals surface area contributed by atoms with Gasteiger partial charge in [-0.3, -0.25) is 14.4 Å². The van der Waals surface area contributed by atoms with Crippen LogP contribution in [-0.2, 0) is 25.5 Å². The number of ketones is 1. The topological polar surface area (TPSA) is 131 Å². The first-order valence-electron chi connectivity index (χ1n) is 18.5. The Bertz CT molecular complexity index is 1320. The summed E-state index contributed by atoms with van der Waals surface area (Å²) < 4.78 is 43.6. The maximum absolute atomic E-state index is 13.8. The fourth-order valence-corrected chi connectivity index (χ4v) is 10.0. The van der Waals surface area contributed by atoms with Crippen LogP contribution in [0, 0.1) is 34.0 Å². The Balaban J connectivity index is 1.45. The first kappa shape index (κ1) is 40.6. The molecule has 0 saturated heterocycles. The van der Waals surface area contributed by atoms with E-state index in [2.05, 4.69) is 33.0 Å². The average Bonchev–Trinajstić information content (AvgIpc) is 3.43. The molecular weight excluding hydrogens is 667 g/mol. The van der Waals surface area contributed by atoms with Gasteiger partial charge in [-0.1, -0.05) is 52.7 Å². The van der Waals surface area contributed by atoms with Gasteiger partial charge in [-0.2, -0.15) is 13.2 Å². The number of hydrogen-bond donors (Lipinski definition) is 4. The molecule has 3 aliphatic carbocycles. The van der Waals surface area contributed by atoms with Crippen LogP contribution in [0.5, 0.6) is 0 Å². The van der Waals surface area contributed by atoms with E-state index >= 15 is 0 Å². The number of aliphatic hydroxyl groups is 1. The number of benzene rings is 1. The van der Waals surface area contributed by atoms with Crippen LogP contribution in [-0.4, -0.2) is 73.1 Å². The zero-order valence-corrected chi connectivity index (χ0v) is 31.0. The Hall–Kier alpha value is -2.15. The Kier molecular flexibility index (Phi) is 13.9. The van der Waals surface area contributed by atoms with Crippen molar-refractivity contribution in [2.24, 2.45) is 39.7 Å². The van der Waals surface area contributed by atoms with Crippen molar-refractivity contribution >= 4 is 29.4 Å². The highest BCUT2D eigenvalue weighted by molar-refractivity contribution is 8.00. The summed E-state index contributed by atoms with van der Waals surface area (Å²) in [6.07, 6.45) is 2.49. The van der Waals surface area contributed by atoms with Crippen molar-refractivity contribution < 1.29 is 37.4 Å². The molecule has 1 aromatic rings. The molecule has 0 aromatic heterocycles. The molecule has 3 aliphatic rings. The summed E-state index contributed by atoms with van der Waals surface area (Å²) in [5.74, 6) is -2.19. The predicted octanol–water partition coefficient (Wildman–Crippen LogP) is 6.22. The van der Waals surface area contributed by atoms with E-state index in [1.54, 1.807) is 0 Å². The molecule has 0 unspecified atom stereocenters. The molecule has 12 heteroatoms. The minimum Gasteiger partial charge on any atom is -0.461 e. The average molecular weight is 726 g/mol. The fraction of sp³-hybridized carbons (Fsp3) is 0.763. The predicted molar refractivity (Wildman–Crippen MR) is 189 cm³/mol. The van der Waals surface area contributed by atoms with Gasteiger partial charge in [0.2, 0.25) is 0 Å². The summed E-state index contributed by atoms with van der Waals surface area (Å²) in [5.41, 5.74) is 5.08. The van der Waals surface area contributed by atoms with E-state index in [0.717, 1.165) is 61.9 Å². The third-order valence-electron chi connectivity index (χ3n) is 12.5. The van der Waals surface area contributed by atoms with Crippen LogP contribution < -0.4 is 16.4 Å². The van der Waals surface area contributed by atoms with E-state index in [9.17, 15) is 32.7 Å². The molecule has 3 saturated carbocycles. The number of rotatable bonds is 16. The maximum atomic E-state index is 13.8. The molecule has 0 aliphatic heterocycles. The number of Topliss-reactive ketones (excluding diaryl/α,β-unsaturated/α-hetero) is 1. The number of alkyl halides is 3. The van der Waals surface area contributed by atoms with E-state index < -0.39 is 35.1 Å². The van der Waals surface area contributed by atoms with Crippen molar-refractivity contribution in [3.05, 3.63) is 29.8 Å². The lowest BCUT2D eigenvalue weighted by Crippen LogP contribution is -2.64. The largest absolute Gasteiger partial charge is 0.471 e. The number of nitrogens with one attached hydrogen (secondary N) is 2. The number of unbranched alkanes of at least 4 members (excludes halogenated alkanes) is 3. The quantitative estimate of drug-likeness (QED) is 0.0899. The number of thioether (sulfide) groups is 1. The van der Waals surface area contributed by atoms with Crippen LogP contribution in [0.25, 0.3) is 0 Å². The summed E-state index contributed by atoms with van der Waals surface area (Å²) in [5, 5.41) is 17.6. The number of amides is 1. The third-order valence-corrected chi connectivity index (χ3v) is 13.5. The number of esters is 1. The second-order valence-corrected chi connectivity index (χ2v) is 16.7. The van der Waals surface area contributed by atoms with Crippen LogP contribution in [0.2, 0.25) is 0 Å². The zero-order chi connectivity index (χ0) is 36.7. The lowest BCUT2D eigenvalue weighted by atomic mass is 9.44.